The van der Waals surface area contributed by atoms with E-state index in [1.54, 1.807) is 30.5 Å². The lowest BCUT2D eigenvalue weighted by atomic mass is 10.1. The maximum absolute atomic E-state index is 11.6. The minimum atomic E-state index is -1.14. The third kappa shape index (κ3) is 4.23. The molecule has 0 fully saturated rings. The van der Waals surface area contributed by atoms with E-state index in [-0.39, 0.29) is 17.5 Å². The number of carbonyl (C=O) groups is 2. The average molecular weight is 336 g/mol. The fraction of sp³-hybridized carbons (Fsp3) is 0.0556. The van der Waals surface area contributed by atoms with Crippen LogP contribution < -0.4 is 5.32 Å². The molecule has 0 bridgehead atoms. The van der Waals surface area contributed by atoms with Crippen molar-refractivity contribution in [1.29, 1.82) is 0 Å². The fourth-order valence-corrected chi connectivity index (χ4v) is 2.04. The van der Waals surface area contributed by atoms with Gasteiger partial charge in [0.1, 0.15) is 5.71 Å². The summed E-state index contributed by atoms with van der Waals surface area (Å²) < 4.78 is 0. The number of carboxylic acids is 1. The molecule has 1 heterocycles. The second-order valence-corrected chi connectivity index (χ2v) is 4.92. The number of carbonyl (C=O) groups excluding carboxylic acids is 1. The van der Waals surface area contributed by atoms with Gasteiger partial charge in [-0.1, -0.05) is 13.2 Å². The third-order valence-electron chi connectivity index (χ3n) is 3.24. The highest BCUT2D eigenvalue weighted by Crippen LogP contribution is 2.23. The third-order valence-corrected chi connectivity index (χ3v) is 3.24. The molecule has 2 aromatic rings. The van der Waals surface area contributed by atoms with Gasteiger partial charge in [-0.05, 0) is 37.3 Å². The van der Waals surface area contributed by atoms with Crippen LogP contribution in [0.5, 0.6) is 0 Å². The first kappa shape index (κ1) is 17.7. The van der Waals surface area contributed by atoms with Gasteiger partial charge in [0, 0.05) is 23.3 Å². The molecule has 0 aliphatic rings. The Morgan fingerprint density at radius 1 is 1.28 bits per heavy atom. The zero-order chi connectivity index (χ0) is 18.4. The van der Waals surface area contributed by atoms with Crippen molar-refractivity contribution in [3.63, 3.8) is 0 Å². The number of fused-ring (bicyclic) bond motifs is 1. The van der Waals surface area contributed by atoms with Gasteiger partial charge in [-0.3, -0.25) is 9.78 Å². The average Bonchev–Trinajstić information content (AvgIpc) is 2.61. The number of nitrogens with one attached hydrogen (secondary N) is 1. The number of amides is 1. The highest BCUT2D eigenvalue weighted by atomic mass is 16.4. The van der Waals surface area contributed by atoms with Gasteiger partial charge in [-0.2, -0.15) is 0 Å². The number of amidine groups is 1. The molecule has 1 aromatic heterocycles. The van der Waals surface area contributed by atoms with E-state index in [1.807, 2.05) is 0 Å². The fourth-order valence-electron chi connectivity index (χ4n) is 2.04. The number of hydrogen-bond acceptors (Lipinski definition) is 4. The number of rotatable bonds is 5. The SMILES string of the molecule is C=C/N=C(\N=C(/C)C(=O)O)c1ccc2nccc(NC(=O)C=C)c2c1. The van der Waals surface area contributed by atoms with E-state index in [4.69, 9.17) is 5.11 Å². The van der Waals surface area contributed by atoms with E-state index in [2.05, 4.69) is 33.4 Å². The van der Waals surface area contributed by atoms with Crippen molar-refractivity contribution in [3.05, 3.63) is 61.5 Å². The van der Waals surface area contributed by atoms with Gasteiger partial charge in [0.2, 0.25) is 5.91 Å². The van der Waals surface area contributed by atoms with Crippen molar-refractivity contribution in [3.8, 4) is 0 Å². The number of aliphatic carboxylic acids is 1. The van der Waals surface area contributed by atoms with Crippen LogP contribution in [0, 0.1) is 0 Å². The van der Waals surface area contributed by atoms with Crippen LogP contribution in [0.1, 0.15) is 12.5 Å². The Balaban J connectivity index is 2.60. The van der Waals surface area contributed by atoms with Crippen LogP contribution in [0.4, 0.5) is 5.69 Å². The number of carboxylic acid groups (broad SMARTS) is 1. The molecule has 0 unspecified atom stereocenters. The van der Waals surface area contributed by atoms with Crippen molar-refractivity contribution in [2.24, 2.45) is 9.98 Å². The Labute approximate surface area is 144 Å². The van der Waals surface area contributed by atoms with Crippen LogP contribution >= 0.6 is 0 Å². The van der Waals surface area contributed by atoms with Gasteiger partial charge in [0.05, 0.1) is 11.2 Å². The molecule has 7 heteroatoms. The lowest BCUT2D eigenvalue weighted by molar-refractivity contribution is -0.129. The molecule has 126 valence electrons. The van der Waals surface area contributed by atoms with E-state index in [0.29, 0.717) is 22.2 Å². The summed E-state index contributed by atoms with van der Waals surface area (Å²) in [6.07, 6.45) is 4.02. The lowest BCUT2D eigenvalue weighted by Crippen LogP contribution is -2.12. The largest absolute Gasteiger partial charge is 0.477 e. The van der Waals surface area contributed by atoms with Crippen molar-refractivity contribution < 1.29 is 14.7 Å². The standard InChI is InChI=1S/C18H16N4O3/c1-4-16(23)22-15-8-9-20-14-7-6-12(10-13(14)15)17(19-5-2)21-11(3)18(24)25/h4-10H,1-2H2,3H3,(H,24,25)(H,20,22,23)/b19-17-,21-11+. The molecule has 2 rings (SSSR count). The summed E-state index contributed by atoms with van der Waals surface area (Å²) in [5, 5.41) is 12.4. The van der Waals surface area contributed by atoms with Crippen molar-refractivity contribution in [2.45, 2.75) is 6.92 Å². The summed E-state index contributed by atoms with van der Waals surface area (Å²) in [7, 11) is 0. The number of anilines is 1. The number of hydrogen-bond donors (Lipinski definition) is 2. The lowest BCUT2D eigenvalue weighted by Gasteiger charge is -2.08. The Morgan fingerprint density at radius 3 is 2.68 bits per heavy atom. The predicted molar refractivity (Wildman–Crippen MR) is 98.0 cm³/mol. The zero-order valence-electron chi connectivity index (χ0n) is 13.6. The van der Waals surface area contributed by atoms with Gasteiger partial charge in [-0.25, -0.2) is 14.8 Å². The molecule has 2 N–H and O–H groups in total. The topological polar surface area (TPSA) is 104 Å². The molecule has 1 aromatic carbocycles. The molecule has 25 heavy (non-hydrogen) atoms. The van der Waals surface area contributed by atoms with Gasteiger partial charge in [0.15, 0.2) is 5.84 Å². The number of aliphatic imine (C=N–C) groups is 2. The van der Waals surface area contributed by atoms with Gasteiger partial charge < -0.3 is 10.4 Å². The molecule has 0 spiro atoms. The van der Waals surface area contributed by atoms with Crippen LogP contribution in [0.15, 0.2) is 65.9 Å². The molecule has 0 saturated carbocycles. The molecular weight excluding hydrogens is 320 g/mol. The molecule has 0 aliphatic heterocycles. The summed E-state index contributed by atoms with van der Waals surface area (Å²) in [6.45, 7) is 8.32. The molecule has 7 nitrogen and oxygen atoms in total. The van der Waals surface area contributed by atoms with E-state index in [0.717, 1.165) is 0 Å². The molecule has 1 amide bonds. The Kier molecular flexibility index (Phi) is 5.52. The predicted octanol–water partition coefficient (Wildman–Crippen LogP) is 2.79. The van der Waals surface area contributed by atoms with Crippen LogP contribution in [0.25, 0.3) is 10.9 Å². The zero-order valence-corrected chi connectivity index (χ0v) is 13.6. The van der Waals surface area contributed by atoms with Gasteiger partial charge in [-0.15, -0.1) is 0 Å². The van der Waals surface area contributed by atoms with E-state index < -0.39 is 5.97 Å². The first-order chi connectivity index (χ1) is 12.0. The normalized spacial score (nSPS) is 11.9. The van der Waals surface area contributed by atoms with Crippen molar-refractivity contribution in [1.82, 2.24) is 4.98 Å². The van der Waals surface area contributed by atoms with E-state index in [1.165, 1.54) is 19.2 Å². The van der Waals surface area contributed by atoms with Crippen LogP contribution in [-0.4, -0.2) is 33.5 Å². The summed E-state index contributed by atoms with van der Waals surface area (Å²) in [4.78, 5) is 34.9. The summed E-state index contributed by atoms with van der Waals surface area (Å²) in [5.41, 5.74) is 1.67. The molecule has 0 radical (unpaired) electrons. The highest BCUT2D eigenvalue weighted by Gasteiger charge is 2.10. The van der Waals surface area contributed by atoms with E-state index in [9.17, 15) is 9.59 Å². The molecular formula is C18H16N4O3. The van der Waals surface area contributed by atoms with E-state index >= 15 is 0 Å². The maximum Gasteiger partial charge on any atom is 0.350 e. The van der Waals surface area contributed by atoms with Crippen LogP contribution in [0.2, 0.25) is 0 Å². The molecule has 0 saturated heterocycles. The van der Waals surface area contributed by atoms with Crippen LogP contribution in [-0.2, 0) is 9.59 Å². The number of aromatic nitrogens is 1. The summed E-state index contributed by atoms with van der Waals surface area (Å²) >= 11 is 0. The Bertz CT molecular complexity index is 929. The second-order valence-electron chi connectivity index (χ2n) is 4.92. The quantitative estimate of drug-likeness (QED) is 0.497. The smallest absolute Gasteiger partial charge is 0.350 e. The second kappa shape index (κ2) is 7.78. The van der Waals surface area contributed by atoms with Crippen molar-refractivity contribution in [2.75, 3.05) is 5.32 Å². The first-order valence-corrected chi connectivity index (χ1v) is 7.26. The molecule has 0 aliphatic carbocycles. The minimum absolute atomic E-state index is 0.105. The van der Waals surface area contributed by atoms with Gasteiger partial charge in [0.25, 0.3) is 0 Å². The summed E-state index contributed by atoms with van der Waals surface area (Å²) in [6, 6.07) is 6.83. The molecule has 0 atom stereocenters. The number of pyridine rings is 1. The monoisotopic (exact) mass is 336 g/mol. The Morgan fingerprint density at radius 2 is 2.04 bits per heavy atom. The first-order valence-electron chi connectivity index (χ1n) is 7.26. The number of benzene rings is 1. The summed E-state index contributed by atoms with van der Waals surface area (Å²) in [5.74, 6) is -1.29. The van der Waals surface area contributed by atoms with Gasteiger partial charge >= 0.3 is 5.97 Å². The highest BCUT2D eigenvalue weighted by molar-refractivity contribution is 6.37. The minimum Gasteiger partial charge on any atom is -0.477 e. The number of nitrogens with zero attached hydrogens (tertiary/aromatic N) is 3. The Hall–Kier alpha value is -3.61. The van der Waals surface area contributed by atoms with Crippen molar-refractivity contribution >= 4 is 40.0 Å². The maximum atomic E-state index is 11.6. The van der Waals surface area contributed by atoms with Crippen LogP contribution in [0.3, 0.4) is 0 Å².